The van der Waals surface area contributed by atoms with Gasteiger partial charge in [-0.05, 0) is 65.8 Å². The lowest BCUT2D eigenvalue weighted by atomic mass is 10.0. The van der Waals surface area contributed by atoms with E-state index in [1.54, 1.807) is 6.20 Å². The number of carbonyl (C=O) groups is 1. The molecule has 4 heterocycles. The van der Waals surface area contributed by atoms with E-state index in [0.29, 0.717) is 12.4 Å². The number of hydrogen-bond acceptors (Lipinski definition) is 6. The molecule has 0 spiro atoms. The van der Waals surface area contributed by atoms with Crippen molar-refractivity contribution in [3.63, 3.8) is 0 Å². The summed E-state index contributed by atoms with van der Waals surface area (Å²) in [5, 5.41) is 6.08. The third kappa shape index (κ3) is 6.09. The van der Waals surface area contributed by atoms with Crippen molar-refractivity contribution in [2.45, 2.75) is 66.5 Å². The number of carbonyl (C=O) groups excluding carboxylic acids is 1. The quantitative estimate of drug-likeness (QED) is 0.632. The Morgan fingerprint density at radius 3 is 1.90 bits per heavy atom. The first-order valence-electron chi connectivity index (χ1n) is 11.1. The summed E-state index contributed by atoms with van der Waals surface area (Å²) in [7, 11) is 0. The highest BCUT2D eigenvalue weighted by Crippen LogP contribution is 2.32. The highest BCUT2D eigenvalue weighted by atomic mass is 16.2. The fourth-order valence-corrected chi connectivity index (χ4v) is 3.56. The maximum Gasteiger partial charge on any atom is 0.245 e. The standard InChI is InChI=1S/C11H15N3O.C11H17N3.C2H6/c1-11(2,3)14-7-9(15)13-10-8(14)5-4-6-12-10;1-11(2,3)14-8-7-13-10-9(14)5-4-6-12-10;1-2/h4-6H,7H2,1-3H3,(H,12,13,15);4-6H,7-8H2,1-3H3,(H,12,13);1-2H3. The van der Waals surface area contributed by atoms with Crippen LogP contribution in [-0.4, -0.2) is 46.6 Å². The predicted octanol–water partition coefficient (Wildman–Crippen LogP) is 4.78. The van der Waals surface area contributed by atoms with Gasteiger partial charge in [-0.1, -0.05) is 13.8 Å². The molecule has 0 saturated carbocycles. The van der Waals surface area contributed by atoms with Crippen LogP contribution in [0.1, 0.15) is 55.4 Å². The Hall–Kier alpha value is -2.83. The highest BCUT2D eigenvalue weighted by Gasteiger charge is 2.30. The molecular formula is C24H38N6O. The molecule has 0 bridgehead atoms. The summed E-state index contributed by atoms with van der Waals surface area (Å²) in [6.07, 6.45) is 3.52. The highest BCUT2D eigenvalue weighted by molar-refractivity contribution is 6.00. The van der Waals surface area contributed by atoms with Gasteiger partial charge in [-0.2, -0.15) is 0 Å². The van der Waals surface area contributed by atoms with Crippen molar-refractivity contribution in [3.8, 4) is 0 Å². The fourth-order valence-electron chi connectivity index (χ4n) is 3.56. The molecule has 4 rings (SSSR count). The lowest BCUT2D eigenvalue weighted by Crippen LogP contribution is -2.49. The number of amides is 1. The zero-order valence-electron chi connectivity index (χ0n) is 20.3. The Morgan fingerprint density at radius 2 is 1.35 bits per heavy atom. The minimum atomic E-state index is -0.0739. The Bertz CT molecular complexity index is 869. The van der Waals surface area contributed by atoms with Crippen LogP contribution in [0.3, 0.4) is 0 Å². The van der Waals surface area contributed by atoms with Crippen molar-refractivity contribution in [2.75, 3.05) is 40.1 Å². The first kappa shape index (κ1) is 24.4. The van der Waals surface area contributed by atoms with Crippen LogP contribution in [0.15, 0.2) is 36.7 Å². The Labute approximate surface area is 187 Å². The number of aromatic nitrogens is 2. The molecule has 0 fully saturated rings. The molecule has 170 valence electrons. The predicted molar refractivity (Wildman–Crippen MR) is 131 cm³/mol. The molecule has 0 saturated heterocycles. The summed E-state index contributed by atoms with van der Waals surface area (Å²) < 4.78 is 0. The second-order valence-corrected chi connectivity index (χ2v) is 9.30. The molecular weight excluding hydrogens is 388 g/mol. The van der Waals surface area contributed by atoms with Gasteiger partial charge in [0.15, 0.2) is 5.82 Å². The Kier molecular flexibility index (Phi) is 7.87. The molecule has 7 heteroatoms. The van der Waals surface area contributed by atoms with E-state index in [-0.39, 0.29) is 17.0 Å². The van der Waals surface area contributed by atoms with Gasteiger partial charge in [0.2, 0.25) is 5.91 Å². The SMILES string of the molecule is CC.CC(C)(C)N1CC(=O)Nc2ncccc21.CC(C)(C)N1CCNc2ncccc21. The zero-order valence-corrected chi connectivity index (χ0v) is 20.3. The number of hydrogen-bond donors (Lipinski definition) is 2. The normalized spacial score (nSPS) is 15.2. The molecule has 2 aliphatic heterocycles. The number of nitrogens with one attached hydrogen (secondary N) is 2. The van der Waals surface area contributed by atoms with Crippen molar-refractivity contribution in [1.29, 1.82) is 0 Å². The van der Waals surface area contributed by atoms with E-state index < -0.39 is 0 Å². The van der Waals surface area contributed by atoms with Crippen LogP contribution in [0.2, 0.25) is 0 Å². The first-order chi connectivity index (χ1) is 14.6. The van der Waals surface area contributed by atoms with Crippen molar-refractivity contribution in [3.05, 3.63) is 36.7 Å². The van der Waals surface area contributed by atoms with Crippen LogP contribution in [0.4, 0.5) is 23.0 Å². The van der Waals surface area contributed by atoms with Crippen molar-refractivity contribution in [2.24, 2.45) is 0 Å². The van der Waals surface area contributed by atoms with Crippen LogP contribution >= 0.6 is 0 Å². The lowest BCUT2D eigenvalue weighted by Gasteiger charge is -2.41. The van der Waals surface area contributed by atoms with Crippen LogP contribution < -0.4 is 20.4 Å². The Morgan fingerprint density at radius 1 is 0.839 bits per heavy atom. The van der Waals surface area contributed by atoms with Crippen molar-refractivity contribution < 1.29 is 4.79 Å². The van der Waals surface area contributed by atoms with Gasteiger partial charge in [-0.3, -0.25) is 4.79 Å². The summed E-state index contributed by atoms with van der Waals surface area (Å²) in [6.45, 7) is 19.4. The maximum atomic E-state index is 11.5. The van der Waals surface area contributed by atoms with Gasteiger partial charge >= 0.3 is 0 Å². The van der Waals surface area contributed by atoms with Gasteiger partial charge < -0.3 is 20.4 Å². The molecule has 2 aromatic rings. The summed E-state index contributed by atoms with van der Waals surface area (Å²) in [6, 6.07) is 7.98. The third-order valence-electron chi connectivity index (χ3n) is 4.96. The summed E-state index contributed by atoms with van der Waals surface area (Å²) in [4.78, 5) is 24.4. The summed E-state index contributed by atoms with van der Waals surface area (Å²) in [5.41, 5.74) is 2.30. The average Bonchev–Trinajstić information content (AvgIpc) is 2.73. The zero-order chi connectivity index (χ0) is 23.2. The van der Waals surface area contributed by atoms with E-state index in [4.69, 9.17) is 0 Å². The summed E-state index contributed by atoms with van der Waals surface area (Å²) in [5.74, 6) is 1.66. The Balaban J connectivity index is 0.000000204. The molecule has 0 aromatic carbocycles. The lowest BCUT2D eigenvalue weighted by molar-refractivity contribution is -0.115. The van der Waals surface area contributed by atoms with Crippen LogP contribution in [0, 0.1) is 0 Å². The molecule has 0 atom stereocenters. The van der Waals surface area contributed by atoms with Crippen LogP contribution in [-0.2, 0) is 4.79 Å². The first-order valence-corrected chi connectivity index (χ1v) is 11.1. The second kappa shape index (κ2) is 9.98. The van der Waals surface area contributed by atoms with Gasteiger partial charge in [0, 0.05) is 36.6 Å². The minimum absolute atomic E-state index is 0.00359. The van der Waals surface area contributed by atoms with E-state index in [9.17, 15) is 4.79 Å². The largest absolute Gasteiger partial charge is 0.367 e. The second-order valence-electron chi connectivity index (χ2n) is 9.30. The number of anilines is 4. The van der Waals surface area contributed by atoms with Crippen molar-refractivity contribution >= 4 is 28.9 Å². The topological polar surface area (TPSA) is 73.4 Å². The molecule has 1 amide bonds. The van der Waals surface area contributed by atoms with Crippen LogP contribution in [0.5, 0.6) is 0 Å². The van der Waals surface area contributed by atoms with Crippen molar-refractivity contribution in [1.82, 2.24) is 9.97 Å². The van der Waals surface area contributed by atoms with E-state index in [1.807, 2.05) is 38.2 Å². The number of rotatable bonds is 0. The number of fused-ring (bicyclic) bond motifs is 2. The minimum Gasteiger partial charge on any atom is -0.367 e. The van der Waals surface area contributed by atoms with E-state index in [2.05, 4.69) is 78.0 Å². The van der Waals surface area contributed by atoms with Gasteiger partial charge in [-0.25, -0.2) is 9.97 Å². The maximum absolute atomic E-state index is 11.5. The number of pyridine rings is 2. The molecule has 2 N–H and O–H groups in total. The molecule has 31 heavy (non-hydrogen) atoms. The van der Waals surface area contributed by atoms with E-state index >= 15 is 0 Å². The third-order valence-corrected chi connectivity index (χ3v) is 4.96. The van der Waals surface area contributed by atoms with Crippen LogP contribution in [0.25, 0.3) is 0 Å². The van der Waals surface area contributed by atoms with E-state index in [0.717, 1.165) is 24.6 Å². The molecule has 2 aromatic heterocycles. The molecule has 7 nitrogen and oxygen atoms in total. The molecule has 0 radical (unpaired) electrons. The van der Waals surface area contributed by atoms with Gasteiger partial charge in [0.25, 0.3) is 0 Å². The van der Waals surface area contributed by atoms with E-state index in [1.165, 1.54) is 5.69 Å². The van der Waals surface area contributed by atoms with Gasteiger partial charge in [-0.15, -0.1) is 0 Å². The average molecular weight is 427 g/mol. The molecule has 0 aliphatic carbocycles. The fraction of sp³-hybridized carbons (Fsp3) is 0.542. The monoisotopic (exact) mass is 426 g/mol. The summed E-state index contributed by atoms with van der Waals surface area (Å²) >= 11 is 0. The number of nitrogens with zero attached hydrogens (tertiary/aromatic N) is 4. The molecule has 0 unspecified atom stereocenters. The van der Waals surface area contributed by atoms with Gasteiger partial charge in [0.1, 0.15) is 5.82 Å². The smallest absolute Gasteiger partial charge is 0.245 e. The van der Waals surface area contributed by atoms with Gasteiger partial charge in [0.05, 0.1) is 17.9 Å². The molecule has 2 aliphatic rings.